The molecule has 0 saturated heterocycles. The number of fused-ring (bicyclic) bond motifs is 1. The van der Waals surface area contributed by atoms with Crippen LogP contribution in [0.1, 0.15) is 43.4 Å². The van der Waals surface area contributed by atoms with Gasteiger partial charge in [0.2, 0.25) is 11.5 Å². The minimum absolute atomic E-state index is 0. The molecule has 0 radical (unpaired) electrons. The van der Waals surface area contributed by atoms with Crippen LogP contribution in [-0.2, 0) is 20.8 Å². The fourth-order valence-corrected chi connectivity index (χ4v) is 5.68. The van der Waals surface area contributed by atoms with Gasteiger partial charge in [0.05, 0.1) is 34.4 Å². The van der Waals surface area contributed by atoms with Crippen LogP contribution >= 0.6 is 12.4 Å². The molecule has 0 spiro atoms. The van der Waals surface area contributed by atoms with Crippen molar-refractivity contribution in [3.8, 4) is 34.5 Å². The minimum atomic E-state index is -1.46. The largest absolute Gasteiger partial charge is 0.493 e. The van der Waals surface area contributed by atoms with E-state index in [2.05, 4.69) is 0 Å². The van der Waals surface area contributed by atoms with Gasteiger partial charge in [0, 0.05) is 18.0 Å². The van der Waals surface area contributed by atoms with Gasteiger partial charge in [0.25, 0.3) is 0 Å². The summed E-state index contributed by atoms with van der Waals surface area (Å²) in [5.41, 5.74) is 8.53. The Kier molecular flexibility index (Phi) is 14.0. The maximum atomic E-state index is 13.7. The Bertz CT molecular complexity index is 1660. The predicted molar refractivity (Wildman–Crippen MR) is 186 cm³/mol. The zero-order valence-electron chi connectivity index (χ0n) is 28.5. The molecule has 0 aromatic heterocycles. The van der Waals surface area contributed by atoms with Gasteiger partial charge in [-0.1, -0.05) is 50.2 Å². The highest BCUT2D eigenvalue weighted by Crippen LogP contribution is 2.50. The Labute approximate surface area is 292 Å². The fourth-order valence-electron chi connectivity index (χ4n) is 5.68. The number of hydrogen-bond acceptors (Lipinski definition) is 11. The fraction of sp³-hybridized carbons (Fsp3) is 0.378. The lowest BCUT2D eigenvalue weighted by molar-refractivity contribution is -0.143. The molecule has 4 rings (SSSR count). The second-order valence-electron chi connectivity index (χ2n) is 11.9. The van der Waals surface area contributed by atoms with Gasteiger partial charge in [-0.2, -0.15) is 0 Å². The first-order valence-corrected chi connectivity index (χ1v) is 15.6. The summed E-state index contributed by atoms with van der Waals surface area (Å²) in [4.78, 5) is 39.7. The number of benzene rings is 3. The van der Waals surface area contributed by atoms with Gasteiger partial charge in [-0.25, -0.2) is 0 Å². The Morgan fingerprint density at radius 2 is 1.57 bits per heavy atom. The van der Waals surface area contributed by atoms with Crippen molar-refractivity contribution in [1.29, 1.82) is 0 Å². The van der Waals surface area contributed by atoms with Crippen molar-refractivity contribution >= 4 is 35.5 Å². The smallest absolute Gasteiger partial charge is 0.314 e. The number of carbonyl (C=O) groups is 3. The molecule has 0 amide bonds. The Hall–Kier alpha value is -4.58. The molecule has 12 heteroatoms. The van der Waals surface area contributed by atoms with Crippen LogP contribution in [0.4, 0.5) is 0 Å². The van der Waals surface area contributed by atoms with Gasteiger partial charge >= 0.3 is 5.97 Å². The molecule has 11 nitrogen and oxygen atoms in total. The number of rotatable bonds is 15. The van der Waals surface area contributed by atoms with E-state index in [1.807, 2.05) is 44.2 Å². The van der Waals surface area contributed by atoms with E-state index in [1.54, 1.807) is 24.3 Å². The number of ketones is 2. The standard InChI is InChI=1S/C37H43NO10.ClH/c1-21(2)14-24(16-29(40)33(41)28(38)15-22-10-8-7-9-11-22)37(42)48-31-17-23(12-13-30(31)43-3)26-18-25(39)20-47-34-27(26)19-32(44-4)35(45-5)36(34)46-6;/h7-13,17-19,21,24,28,33,41H,14-16,20,38H2,1-6H3;1H. The SMILES string of the molecule is COc1ccc(C2=CC(=O)COc3c2cc(OC)c(OC)c3OC)cc1OC(=O)C(CC(=O)C(O)C(N)Cc1ccccc1)CC(C)C.Cl. The van der Waals surface area contributed by atoms with Crippen LogP contribution in [0.3, 0.4) is 0 Å². The summed E-state index contributed by atoms with van der Waals surface area (Å²) in [7, 11) is 5.84. The third-order valence-corrected chi connectivity index (χ3v) is 8.01. The monoisotopic (exact) mass is 697 g/mol. The lowest BCUT2D eigenvalue weighted by atomic mass is 9.89. The van der Waals surface area contributed by atoms with E-state index < -0.39 is 29.8 Å². The van der Waals surface area contributed by atoms with Crippen molar-refractivity contribution in [1.82, 2.24) is 0 Å². The first-order chi connectivity index (χ1) is 23.0. The number of esters is 1. The molecule has 1 aliphatic rings. The van der Waals surface area contributed by atoms with Gasteiger partial charge in [-0.05, 0) is 59.7 Å². The molecular formula is C37H44ClNO10. The number of aliphatic hydroxyl groups excluding tert-OH is 1. The predicted octanol–water partition coefficient (Wildman–Crippen LogP) is 4.99. The van der Waals surface area contributed by atoms with E-state index >= 15 is 0 Å². The van der Waals surface area contributed by atoms with Crippen LogP contribution in [0.25, 0.3) is 5.57 Å². The van der Waals surface area contributed by atoms with E-state index in [9.17, 15) is 19.5 Å². The summed E-state index contributed by atoms with van der Waals surface area (Å²) in [6.07, 6.45) is 0.354. The Morgan fingerprint density at radius 1 is 0.898 bits per heavy atom. The molecule has 3 N–H and O–H groups in total. The number of methoxy groups -OCH3 is 4. The lowest BCUT2D eigenvalue weighted by Gasteiger charge is -2.22. The van der Waals surface area contributed by atoms with Crippen molar-refractivity contribution in [3.05, 3.63) is 77.4 Å². The van der Waals surface area contributed by atoms with Crippen LogP contribution < -0.4 is 34.2 Å². The molecule has 3 aromatic rings. The number of carbonyl (C=O) groups excluding carboxylic acids is 3. The average molecular weight is 698 g/mol. The van der Waals surface area contributed by atoms with E-state index in [-0.39, 0.29) is 60.1 Å². The van der Waals surface area contributed by atoms with Crippen LogP contribution in [-0.4, -0.2) is 69.8 Å². The topological polar surface area (TPSA) is 153 Å². The molecule has 3 aromatic carbocycles. The maximum absolute atomic E-state index is 13.7. The summed E-state index contributed by atoms with van der Waals surface area (Å²) >= 11 is 0. The van der Waals surface area contributed by atoms with Gasteiger partial charge < -0.3 is 39.3 Å². The Balaban J connectivity index is 0.00000650. The van der Waals surface area contributed by atoms with Crippen molar-refractivity contribution in [2.24, 2.45) is 17.6 Å². The summed E-state index contributed by atoms with van der Waals surface area (Å²) < 4.78 is 33.9. The van der Waals surface area contributed by atoms with Crippen molar-refractivity contribution in [2.45, 2.75) is 45.3 Å². The molecule has 1 heterocycles. The third-order valence-electron chi connectivity index (χ3n) is 8.01. The molecule has 3 atom stereocenters. The molecule has 0 fully saturated rings. The summed E-state index contributed by atoms with van der Waals surface area (Å²) in [5, 5.41) is 10.8. The summed E-state index contributed by atoms with van der Waals surface area (Å²) in [6.45, 7) is 3.61. The van der Waals surface area contributed by atoms with E-state index in [4.69, 9.17) is 34.2 Å². The Morgan fingerprint density at radius 3 is 2.18 bits per heavy atom. The average Bonchev–Trinajstić information content (AvgIpc) is 3.24. The normalized spacial score (nSPS) is 14.1. The van der Waals surface area contributed by atoms with E-state index in [1.165, 1.54) is 34.5 Å². The highest BCUT2D eigenvalue weighted by atomic mass is 35.5. The van der Waals surface area contributed by atoms with Crippen molar-refractivity contribution < 1.29 is 47.9 Å². The highest BCUT2D eigenvalue weighted by molar-refractivity contribution is 6.04. The van der Waals surface area contributed by atoms with E-state index in [0.717, 1.165) is 5.56 Å². The van der Waals surface area contributed by atoms with Crippen molar-refractivity contribution in [2.75, 3.05) is 35.0 Å². The second-order valence-corrected chi connectivity index (χ2v) is 11.9. The van der Waals surface area contributed by atoms with Gasteiger partial charge in [-0.15, -0.1) is 12.4 Å². The molecule has 0 saturated carbocycles. The maximum Gasteiger partial charge on any atom is 0.314 e. The first-order valence-electron chi connectivity index (χ1n) is 15.6. The van der Waals surface area contributed by atoms with Crippen LogP contribution in [0.15, 0.2) is 60.7 Å². The molecule has 0 aliphatic carbocycles. The molecule has 3 unspecified atom stereocenters. The van der Waals surface area contributed by atoms with Crippen LogP contribution in [0.5, 0.6) is 34.5 Å². The summed E-state index contributed by atoms with van der Waals surface area (Å²) in [6, 6.07) is 15.1. The molecule has 49 heavy (non-hydrogen) atoms. The summed E-state index contributed by atoms with van der Waals surface area (Å²) in [5.74, 6) is -0.826. The molecule has 1 aliphatic heterocycles. The van der Waals surface area contributed by atoms with E-state index in [0.29, 0.717) is 41.0 Å². The van der Waals surface area contributed by atoms with Crippen molar-refractivity contribution in [3.63, 3.8) is 0 Å². The number of nitrogens with two attached hydrogens (primary N) is 1. The number of ether oxygens (including phenoxy) is 6. The van der Waals surface area contributed by atoms with Gasteiger partial charge in [0.1, 0.15) is 6.10 Å². The van der Waals surface area contributed by atoms with Crippen LogP contribution in [0.2, 0.25) is 0 Å². The quantitative estimate of drug-likeness (QED) is 0.163. The number of hydrogen-bond donors (Lipinski definition) is 2. The second kappa shape index (κ2) is 17.7. The highest BCUT2D eigenvalue weighted by Gasteiger charge is 2.32. The molecule has 264 valence electrons. The zero-order valence-corrected chi connectivity index (χ0v) is 29.3. The van der Waals surface area contributed by atoms with Gasteiger partial charge in [-0.3, -0.25) is 14.4 Å². The molecule has 0 bridgehead atoms. The number of Topliss-reactive ketones (excluding diaryl/α,β-unsaturated/α-hetero) is 1. The lowest BCUT2D eigenvalue weighted by Crippen LogP contribution is -2.43. The number of halogens is 1. The third kappa shape index (κ3) is 9.32. The van der Waals surface area contributed by atoms with Gasteiger partial charge in [0.15, 0.2) is 41.2 Å². The number of aliphatic hydroxyl groups is 1. The minimum Gasteiger partial charge on any atom is -0.493 e. The van der Waals surface area contributed by atoms with Crippen LogP contribution in [0, 0.1) is 11.8 Å². The first kappa shape index (κ1) is 38.9. The molecular weight excluding hydrogens is 654 g/mol. The zero-order chi connectivity index (χ0) is 35.0.